The van der Waals surface area contributed by atoms with Crippen LogP contribution in [-0.4, -0.2) is 15.9 Å². The highest BCUT2D eigenvalue weighted by atomic mass is 35.5. The molecule has 4 rings (SSSR count). The van der Waals surface area contributed by atoms with Gasteiger partial charge < -0.3 is 9.72 Å². The summed E-state index contributed by atoms with van der Waals surface area (Å²) in [7, 11) is 0. The zero-order chi connectivity index (χ0) is 22.0. The van der Waals surface area contributed by atoms with E-state index in [-0.39, 0.29) is 6.61 Å². The molecule has 0 fully saturated rings. The van der Waals surface area contributed by atoms with Crippen LogP contribution in [0.25, 0.3) is 10.9 Å². The highest BCUT2D eigenvalue weighted by molar-refractivity contribution is 6.35. The van der Waals surface area contributed by atoms with Gasteiger partial charge in [-0.2, -0.15) is 5.10 Å². The van der Waals surface area contributed by atoms with E-state index in [2.05, 4.69) is 10.1 Å². The van der Waals surface area contributed by atoms with E-state index >= 15 is 0 Å². The SMILES string of the molecule is O=c1[nH]c2ccccc2c(=O)n1N=Cc1ccc(OCc2ccc(Cl)cc2Cl)c(Cl)c1. The number of ether oxygens (including phenoxy) is 1. The summed E-state index contributed by atoms with van der Waals surface area (Å²) in [4.78, 5) is 27.3. The monoisotopic (exact) mass is 473 g/mol. The number of H-pyrrole nitrogens is 1. The molecule has 0 radical (unpaired) electrons. The molecular formula is C22H14Cl3N3O3. The summed E-state index contributed by atoms with van der Waals surface area (Å²) < 4.78 is 6.50. The molecule has 0 aliphatic rings. The van der Waals surface area contributed by atoms with E-state index in [0.717, 1.165) is 10.2 Å². The lowest BCUT2D eigenvalue weighted by atomic mass is 10.2. The highest BCUT2D eigenvalue weighted by Gasteiger charge is 2.08. The first kappa shape index (κ1) is 21.2. The molecule has 0 spiro atoms. The largest absolute Gasteiger partial charge is 0.487 e. The topological polar surface area (TPSA) is 76.5 Å². The Morgan fingerprint density at radius 2 is 1.77 bits per heavy atom. The molecule has 0 amide bonds. The Hall–Kier alpha value is -3.06. The average Bonchev–Trinajstić information content (AvgIpc) is 2.74. The van der Waals surface area contributed by atoms with Crippen molar-refractivity contribution in [2.45, 2.75) is 6.61 Å². The van der Waals surface area contributed by atoms with Gasteiger partial charge in [-0.3, -0.25) is 4.79 Å². The molecule has 0 aliphatic carbocycles. The molecule has 0 saturated heterocycles. The van der Waals surface area contributed by atoms with Crippen molar-refractivity contribution in [1.29, 1.82) is 0 Å². The Labute approximate surface area is 191 Å². The number of nitrogens with one attached hydrogen (secondary N) is 1. The lowest BCUT2D eigenvalue weighted by Crippen LogP contribution is -2.32. The van der Waals surface area contributed by atoms with Crippen molar-refractivity contribution in [3.8, 4) is 5.75 Å². The van der Waals surface area contributed by atoms with Crippen LogP contribution in [0.4, 0.5) is 0 Å². The van der Waals surface area contributed by atoms with Crippen LogP contribution in [0.2, 0.25) is 15.1 Å². The molecule has 1 N–H and O–H groups in total. The maximum absolute atomic E-state index is 12.5. The van der Waals surface area contributed by atoms with Gasteiger partial charge in [0, 0.05) is 15.6 Å². The summed E-state index contributed by atoms with van der Waals surface area (Å²) in [6, 6.07) is 16.8. The van der Waals surface area contributed by atoms with Crippen LogP contribution in [0.15, 0.2) is 75.4 Å². The molecule has 0 unspecified atom stereocenters. The minimum absolute atomic E-state index is 0.213. The van der Waals surface area contributed by atoms with E-state index in [1.807, 2.05) is 0 Å². The predicted molar refractivity (Wildman–Crippen MR) is 124 cm³/mol. The van der Waals surface area contributed by atoms with Crippen molar-refractivity contribution in [1.82, 2.24) is 9.66 Å². The van der Waals surface area contributed by atoms with Crippen molar-refractivity contribution < 1.29 is 4.74 Å². The normalized spacial score (nSPS) is 11.3. The fraction of sp³-hybridized carbons (Fsp3) is 0.0455. The Morgan fingerprint density at radius 1 is 0.968 bits per heavy atom. The molecule has 3 aromatic carbocycles. The first-order valence-corrected chi connectivity index (χ1v) is 10.2. The summed E-state index contributed by atoms with van der Waals surface area (Å²) in [5.41, 5.74) is 0.658. The Kier molecular flexibility index (Phi) is 6.13. The lowest BCUT2D eigenvalue weighted by molar-refractivity contribution is 0.306. The van der Waals surface area contributed by atoms with Gasteiger partial charge in [0.15, 0.2) is 0 Å². The van der Waals surface area contributed by atoms with Gasteiger partial charge in [0.1, 0.15) is 12.4 Å². The second kappa shape index (κ2) is 8.98. The quantitative estimate of drug-likeness (QED) is 0.408. The number of rotatable bonds is 5. The van der Waals surface area contributed by atoms with Crippen molar-refractivity contribution in [3.63, 3.8) is 0 Å². The molecule has 0 saturated carbocycles. The number of hydrogen-bond donors (Lipinski definition) is 1. The van der Waals surface area contributed by atoms with E-state index in [0.29, 0.717) is 37.3 Å². The summed E-state index contributed by atoms with van der Waals surface area (Å²) in [6.45, 7) is 0.213. The maximum atomic E-state index is 12.5. The van der Waals surface area contributed by atoms with E-state index < -0.39 is 11.2 Å². The molecule has 9 heteroatoms. The van der Waals surface area contributed by atoms with E-state index in [9.17, 15) is 9.59 Å². The first-order valence-electron chi connectivity index (χ1n) is 9.07. The third-order valence-corrected chi connectivity index (χ3v) is 5.34. The van der Waals surface area contributed by atoms with E-state index in [4.69, 9.17) is 39.5 Å². The number of hydrogen-bond acceptors (Lipinski definition) is 4. The highest BCUT2D eigenvalue weighted by Crippen LogP contribution is 2.27. The van der Waals surface area contributed by atoms with E-state index in [1.54, 1.807) is 60.7 Å². The van der Waals surface area contributed by atoms with Gasteiger partial charge >= 0.3 is 5.69 Å². The van der Waals surface area contributed by atoms with Crippen molar-refractivity contribution in [2.75, 3.05) is 0 Å². The van der Waals surface area contributed by atoms with Crippen molar-refractivity contribution in [3.05, 3.63) is 108 Å². The van der Waals surface area contributed by atoms with Crippen LogP contribution in [0.3, 0.4) is 0 Å². The number of benzene rings is 3. The van der Waals surface area contributed by atoms with Gasteiger partial charge in [0.2, 0.25) is 0 Å². The number of para-hydroxylation sites is 1. The molecule has 156 valence electrons. The maximum Gasteiger partial charge on any atom is 0.349 e. The summed E-state index contributed by atoms with van der Waals surface area (Å²) in [5, 5.41) is 5.76. The van der Waals surface area contributed by atoms with Crippen molar-refractivity contribution >= 4 is 51.9 Å². The number of fused-ring (bicyclic) bond motifs is 1. The van der Waals surface area contributed by atoms with Crippen LogP contribution < -0.4 is 16.0 Å². The smallest absolute Gasteiger partial charge is 0.349 e. The van der Waals surface area contributed by atoms with Gasteiger partial charge in [-0.25, -0.2) is 4.79 Å². The minimum atomic E-state index is -0.633. The molecule has 1 aromatic heterocycles. The second-order valence-corrected chi connectivity index (χ2v) is 7.80. The Balaban J connectivity index is 1.55. The lowest BCUT2D eigenvalue weighted by Gasteiger charge is -2.10. The van der Waals surface area contributed by atoms with Crippen molar-refractivity contribution in [2.24, 2.45) is 5.10 Å². The molecule has 31 heavy (non-hydrogen) atoms. The number of nitrogens with zero attached hydrogens (tertiary/aromatic N) is 2. The fourth-order valence-corrected chi connectivity index (χ4v) is 3.60. The van der Waals surface area contributed by atoms with Crippen LogP contribution >= 0.6 is 34.8 Å². The van der Waals surface area contributed by atoms with Crippen LogP contribution in [0.5, 0.6) is 5.75 Å². The minimum Gasteiger partial charge on any atom is -0.487 e. The second-order valence-electron chi connectivity index (χ2n) is 6.55. The van der Waals surface area contributed by atoms with Gasteiger partial charge in [-0.1, -0.05) is 53.0 Å². The van der Waals surface area contributed by atoms with Gasteiger partial charge in [-0.15, -0.1) is 4.68 Å². The average molecular weight is 475 g/mol. The van der Waals surface area contributed by atoms with Gasteiger partial charge in [0.05, 0.1) is 22.1 Å². The molecule has 1 heterocycles. The standard InChI is InChI=1S/C22H14Cl3N3O3/c23-15-7-6-14(17(24)10-15)12-31-20-8-5-13(9-18(20)25)11-26-28-21(29)16-3-1-2-4-19(16)27-22(28)30/h1-11H,12H2,(H,27,30). The molecule has 0 bridgehead atoms. The number of halogens is 3. The first-order chi connectivity index (χ1) is 14.9. The molecule has 6 nitrogen and oxygen atoms in total. The number of aromatic amines is 1. The van der Waals surface area contributed by atoms with Gasteiger partial charge in [0.25, 0.3) is 5.56 Å². The molecule has 0 atom stereocenters. The summed E-state index contributed by atoms with van der Waals surface area (Å²) in [5.74, 6) is 0.450. The molecule has 4 aromatic rings. The summed E-state index contributed by atoms with van der Waals surface area (Å²) in [6.07, 6.45) is 1.37. The van der Waals surface area contributed by atoms with Crippen LogP contribution in [-0.2, 0) is 6.61 Å². The zero-order valence-electron chi connectivity index (χ0n) is 15.8. The van der Waals surface area contributed by atoms with Crippen LogP contribution in [0, 0.1) is 0 Å². The fourth-order valence-electron chi connectivity index (χ4n) is 2.89. The third-order valence-electron chi connectivity index (χ3n) is 4.46. The third kappa shape index (κ3) is 4.66. The summed E-state index contributed by atoms with van der Waals surface area (Å²) >= 11 is 18.4. The molecular weight excluding hydrogens is 461 g/mol. The number of aromatic nitrogens is 2. The predicted octanol–water partition coefficient (Wildman–Crippen LogP) is 5.11. The Morgan fingerprint density at radius 3 is 2.55 bits per heavy atom. The zero-order valence-corrected chi connectivity index (χ0v) is 18.1. The Bertz CT molecular complexity index is 1430. The van der Waals surface area contributed by atoms with Gasteiger partial charge in [-0.05, 0) is 48.0 Å². The van der Waals surface area contributed by atoms with Crippen LogP contribution in [0.1, 0.15) is 11.1 Å². The molecule has 0 aliphatic heterocycles. The van der Waals surface area contributed by atoms with E-state index in [1.165, 1.54) is 6.21 Å².